The molecule has 1 atom stereocenters. The average molecular weight is 233 g/mol. The molecule has 5 heteroatoms. The Bertz CT molecular complexity index is 493. The van der Waals surface area contributed by atoms with Gasteiger partial charge >= 0.3 is 6.03 Å². The minimum absolute atomic E-state index is 0.189. The van der Waals surface area contributed by atoms with Crippen molar-refractivity contribution < 1.29 is 9.18 Å². The number of imidazole rings is 1. The molecule has 0 spiro atoms. The quantitative estimate of drug-likeness (QED) is 0.865. The van der Waals surface area contributed by atoms with Gasteiger partial charge in [0.05, 0.1) is 6.04 Å². The number of benzene rings is 1. The molecule has 17 heavy (non-hydrogen) atoms. The summed E-state index contributed by atoms with van der Waals surface area (Å²) in [6.07, 6.45) is 4.52. The maximum absolute atomic E-state index is 12.7. The molecule has 0 fully saturated rings. The highest BCUT2D eigenvalue weighted by atomic mass is 19.1. The molecular weight excluding hydrogens is 221 g/mol. The molecule has 88 valence electrons. The van der Waals surface area contributed by atoms with Gasteiger partial charge in [-0.3, -0.25) is 4.57 Å². The van der Waals surface area contributed by atoms with Crippen LogP contribution in [0.15, 0.2) is 43.0 Å². The molecule has 0 saturated carbocycles. The van der Waals surface area contributed by atoms with Gasteiger partial charge in [0.15, 0.2) is 0 Å². The van der Waals surface area contributed by atoms with E-state index in [2.05, 4.69) is 10.3 Å². The number of aromatic nitrogens is 2. The summed E-state index contributed by atoms with van der Waals surface area (Å²) in [5, 5.41) is 2.78. The summed E-state index contributed by atoms with van der Waals surface area (Å²) in [6, 6.07) is 5.58. The summed E-state index contributed by atoms with van der Waals surface area (Å²) < 4.78 is 14.1. The summed E-state index contributed by atoms with van der Waals surface area (Å²) >= 11 is 0. The Morgan fingerprint density at radius 3 is 2.71 bits per heavy atom. The van der Waals surface area contributed by atoms with Crippen LogP contribution in [0.2, 0.25) is 0 Å². The van der Waals surface area contributed by atoms with E-state index in [4.69, 9.17) is 0 Å². The first-order valence-corrected chi connectivity index (χ1v) is 5.21. The molecule has 0 radical (unpaired) electrons. The minimum Gasteiger partial charge on any atom is -0.331 e. The van der Waals surface area contributed by atoms with Crippen LogP contribution in [0.5, 0.6) is 0 Å². The Hall–Kier alpha value is -2.17. The summed E-state index contributed by atoms with van der Waals surface area (Å²) in [5.41, 5.74) is 0.847. The van der Waals surface area contributed by atoms with Gasteiger partial charge in [0.2, 0.25) is 0 Å². The normalized spacial score (nSPS) is 12.1. The van der Waals surface area contributed by atoms with Crippen molar-refractivity contribution >= 4 is 6.03 Å². The van der Waals surface area contributed by atoms with Crippen LogP contribution >= 0.6 is 0 Å². The summed E-state index contributed by atoms with van der Waals surface area (Å²) in [5.74, 6) is -0.290. The molecule has 1 heterocycles. The van der Waals surface area contributed by atoms with Crippen molar-refractivity contribution in [3.63, 3.8) is 0 Å². The van der Waals surface area contributed by atoms with Gasteiger partial charge in [0, 0.05) is 12.4 Å². The van der Waals surface area contributed by atoms with Crippen LogP contribution in [0.1, 0.15) is 18.5 Å². The third-order valence-corrected chi connectivity index (χ3v) is 2.45. The number of hydrogen-bond acceptors (Lipinski definition) is 2. The van der Waals surface area contributed by atoms with E-state index in [-0.39, 0.29) is 17.9 Å². The monoisotopic (exact) mass is 233 g/mol. The highest BCUT2D eigenvalue weighted by Gasteiger charge is 2.10. The van der Waals surface area contributed by atoms with E-state index in [1.807, 2.05) is 6.92 Å². The molecule has 0 saturated heterocycles. The number of amides is 1. The Morgan fingerprint density at radius 1 is 1.41 bits per heavy atom. The van der Waals surface area contributed by atoms with Crippen molar-refractivity contribution in [2.45, 2.75) is 13.0 Å². The van der Waals surface area contributed by atoms with Crippen molar-refractivity contribution in [2.24, 2.45) is 0 Å². The zero-order valence-corrected chi connectivity index (χ0v) is 9.30. The predicted octanol–water partition coefficient (Wildman–Crippen LogP) is 2.34. The van der Waals surface area contributed by atoms with Gasteiger partial charge in [-0.15, -0.1) is 0 Å². The second kappa shape index (κ2) is 4.78. The van der Waals surface area contributed by atoms with Crippen molar-refractivity contribution in [3.05, 3.63) is 54.4 Å². The molecule has 0 aliphatic rings. The fraction of sp³-hybridized carbons (Fsp3) is 0.167. The molecule has 0 aliphatic heterocycles. The molecule has 1 aromatic heterocycles. The van der Waals surface area contributed by atoms with Crippen molar-refractivity contribution in [1.82, 2.24) is 14.9 Å². The SMILES string of the molecule is C[C@@H](NC(=O)n1ccnc1)c1ccc(F)cc1. The summed E-state index contributed by atoms with van der Waals surface area (Å²) in [6.45, 7) is 1.84. The van der Waals surface area contributed by atoms with Gasteiger partial charge in [-0.2, -0.15) is 0 Å². The fourth-order valence-corrected chi connectivity index (χ4v) is 1.47. The van der Waals surface area contributed by atoms with Gasteiger partial charge < -0.3 is 5.32 Å². The fourth-order valence-electron chi connectivity index (χ4n) is 1.47. The number of nitrogens with zero attached hydrogens (tertiary/aromatic N) is 2. The molecule has 4 nitrogen and oxygen atoms in total. The predicted molar refractivity (Wildman–Crippen MR) is 61.0 cm³/mol. The van der Waals surface area contributed by atoms with Gasteiger partial charge in [0.1, 0.15) is 12.1 Å². The lowest BCUT2D eigenvalue weighted by Crippen LogP contribution is -2.30. The van der Waals surface area contributed by atoms with Crippen LogP contribution in [0.4, 0.5) is 9.18 Å². The highest BCUT2D eigenvalue weighted by Crippen LogP contribution is 2.12. The van der Waals surface area contributed by atoms with Crippen LogP contribution in [0.3, 0.4) is 0 Å². The van der Waals surface area contributed by atoms with Crippen molar-refractivity contribution in [3.8, 4) is 0 Å². The van der Waals surface area contributed by atoms with Crippen LogP contribution in [0.25, 0.3) is 0 Å². The molecule has 1 aromatic carbocycles. The molecule has 2 aromatic rings. The smallest absolute Gasteiger partial charge is 0.327 e. The molecule has 2 rings (SSSR count). The third-order valence-electron chi connectivity index (χ3n) is 2.45. The van der Waals surface area contributed by atoms with E-state index in [1.165, 1.54) is 29.2 Å². The van der Waals surface area contributed by atoms with E-state index in [0.29, 0.717) is 0 Å². The van der Waals surface area contributed by atoms with Crippen LogP contribution < -0.4 is 5.32 Å². The number of halogens is 1. The Balaban J connectivity index is 2.04. The highest BCUT2D eigenvalue weighted by molar-refractivity contribution is 5.76. The molecule has 0 unspecified atom stereocenters. The Labute approximate surface area is 98.1 Å². The second-order valence-corrected chi connectivity index (χ2v) is 3.69. The third kappa shape index (κ3) is 2.69. The summed E-state index contributed by atoms with van der Waals surface area (Å²) in [7, 11) is 0. The molecule has 1 N–H and O–H groups in total. The van der Waals surface area contributed by atoms with Gasteiger partial charge in [-0.05, 0) is 24.6 Å². The number of nitrogens with one attached hydrogen (secondary N) is 1. The van der Waals surface area contributed by atoms with Crippen LogP contribution in [0, 0.1) is 5.82 Å². The van der Waals surface area contributed by atoms with Crippen molar-refractivity contribution in [1.29, 1.82) is 0 Å². The Kier molecular flexibility index (Phi) is 3.18. The Morgan fingerprint density at radius 2 is 2.12 bits per heavy atom. The molecule has 1 amide bonds. The summed E-state index contributed by atoms with van der Waals surface area (Å²) in [4.78, 5) is 15.5. The number of rotatable bonds is 2. The molecular formula is C12H12FN3O. The van der Waals surface area contributed by atoms with Gasteiger partial charge in [-0.25, -0.2) is 14.2 Å². The second-order valence-electron chi connectivity index (χ2n) is 3.69. The van der Waals surface area contributed by atoms with Crippen LogP contribution in [-0.2, 0) is 0 Å². The standard InChI is InChI=1S/C12H12FN3O/c1-9(10-2-4-11(13)5-3-10)15-12(17)16-7-6-14-8-16/h2-9H,1H3,(H,15,17)/t9-/m1/s1. The number of hydrogen-bond donors (Lipinski definition) is 1. The topological polar surface area (TPSA) is 46.9 Å². The first-order chi connectivity index (χ1) is 8.16. The molecule has 0 aliphatic carbocycles. The largest absolute Gasteiger partial charge is 0.331 e. The van der Waals surface area contributed by atoms with E-state index >= 15 is 0 Å². The zero-order chi connectivity index (χ0) is 12.3. The minimum atomic E-state index is -0.290. The van der Waals surface area contributed by atoms with Gasteiger partial charge in [-0.1, -0.05) is 12.1 Å². The average Bonchev–Trinajstić information content (AvgIpc) is 2.83. The van der Waals surface area contributed by atoms with E-state index < -0.39 is 0 Å². The van der Waals surface area contributed by atoms with E-state index in [0.717, 1.165) is 5.56 Å². The lowest BCUT2D eigenvalue weighted by molar-refractivity contribution is 0.239. The maximum Gasteiger partial charge on any atom is 0.327 e. The van der Waals surface area contributed by atoms with Crippen LogP contribution in [-0.4, -0.2) is 15.6 Å². The van der Waals surface area contributed by atoms with Crippen molar-refractivity contribution in [2.75, 3.05) is 0 Å². The van der Waals surface area contributed by atoms with E-state index in [1.54, 1.807) is 18.3 Å². The first-order valence-electron chi connectivity index (χ1n) is 5.21. The van der Waals surface area contributed by atoms with Gasteiger partial charge in [0.25, 0.3) is 0 Å². The number of carbonyl (C=O) groups is 1. The van der Waals surface area contributed by atoms with E-state index in [9.17, 15) is 9.18 Å². The first kappa shape index (κ1) is 11.3. The maximum atomic E-state index is 12.7. The lowest BCUT2D eigenvalue weighted by Gasteiger charge is -2.14. The molecule has 0 bridgehead atoms. The zero-order valence-electron chi connectivity index (χ0n) is 9.30. The lowest BCUT2D eigenvalue weighted by atomic mass is 10.1. The number of carbonyl (C=O) groups excluding carboxylic acids is 1.